The molecule has 0 aromatic heterocycles. The van der Waals surface area contributed by atoms with Gasteiger partial charge < -0.3 is 15.0 Å². The van der Waals surface area contributed by atoms with E-state index in [0.29, 0.717) is 25.4 Å². The van der Waals surface area contributed by atoms with E-state index in [2.05, 4.69) is 5.32 Å². The molecule has 0 spiro atoms. The maximum atomic E-state index is 12.7. The third kappa shape index (κ3) is 3.80. The highest BCUT2D eigenvalue weighted by Crippen LogP contribution is 2.07. The predicted molar refractivity (Wildman–Crippen MR) is 61.4 cm³/mol. The first-order valence-corrected chi connectivity index (χ1v) is 5.71. The van der Waals surface area contributed by atoms with Gasteiger partial charge in [0.2, 0.25) is 0 Å². The summed E-state index contributed by atoms with van der Waals surface area (Å²) in [6.07, 6.45) is 0. The van der Waals surface area contributed by atoms with Crippen molar-refractivity contribution in [3.05, 3.63) is 30.1 Å². The number of hydrogen-bond donors (Lipinski definition) is 2. The van der Waals surface area contributed by atoms with Crippen LogP contribution in [-0.4, -0.2) is 38.8 Å². The molecular formula is C12H16FN2O2+. The zero-order chi connectivity index (χ0) is 12.1. The summed E-state index contributed by atoms with van der Waals surface area (Å²) < 4.78 is 17.9. The van der Waals surface area contributed by atoms with Crippen LogP contribution < -0.4 is 10.2 Å². The monoisotopic (exact) mass is 239 g/mol. The first-order chi connectivity index (χ1) is 8.24. The molecule has 5 heteroatoms. The number of benzene rings is 1. The number of carbonyl (C=O) groups excluding carboxylic acids is 1. The second-order valence-electron chi connectivity index (χ2n) is 4.09. The zero-order valence-corrected chi connectivity index (χ0v) is 9.54. The van der Waals surface area contributed by atoms with Crippen molar-refractivity contribution in [2.75, 3.05) is 38.2 Å². The summed E-state index contributed by atoms with van der Waals surface area (Å²) in [5, 5.41) is 2.75. The molecule has 1 saturated heterocycles. The number of ether oxygens (including phenoxy) is 1. The highest BCUT2D eigenvalue weighted by molar-refractivity contribution is 5.91. The minimum absolute atomic E-state index is 0.0477. The Balaban J connectivity index is 1.82. The fourth-order valence-electron chi connectivity index (χ4n) is 1.80. The predicted octanol–water partition coefficient (Wildman–Crippen LogP) is -0.321. The molecule has 2 rings (SSSR count). The number of quaternary nitrogens is 1. The Morgan fingerprint density at radius 2 is 1.94 bits per heavy atom. The summed E-state index contributed by atoms with van der Waals surface area (Å²) in [4.78, 5) is 12.9. The molecule has 0 unspecified atom stereocenters. The van der Waals surface area contributed by atoms with Crippen molar-refractivity contribution in [3.63, 3.8) is 0 Å². The van der Waals surface area contributed by atoms with E-state index in [9.17, 15) is 9.18 Å². The lowest BCUT2D eigenvalue weighted by atomic mass is 10.3. The summed E-state index contributed by atoms with van der Waals surface area (Å²) in [5.41, 5.74) is 0.629. The molecule has 1 heterocycles. The topological polar surface area (TPSA) is 42.8 Å². The van der Waals surface area contributed by atoms with Gasteiger partial charge in [0.25, 0.3) is 5.91 Å². The van der Waals surface area contributed by atoms with Gasteiger partial charge in [0.1, 0.15) is 18.9 Å². The van der Waals surface area contributed by atoms with Gasteiger partial charge in [-0.1, -0.05) is 0 Å². The Morgan fingerprint density at radius 1 is 1.29 bits per heavy atom. The van der Waals surface area contributed by atoms with Crippen molar-refractivity contribution in [1.82, 2.24) is 0 Å². The zero-order valence-electron chi connectivity index (χ0n) is 9.54. The van der Waals surface area contributed by atoms with Gasteiger partial charge in [0.15, 0.2) is 6.54 Å². The Kier molecular flexibility index (Phi) is 4.06. The fraction of sp³-hybridized carbons (Fsp3) is 0.417. The van der Waals surface area contributed by atoms with Gasteiger partial charge in [-0.3, -0.25) is 4.79 Å². The number of nitrogens with one attached hydrogen (secondary N) is 2. The minimum Gasteiger partial charge on any atom is -0.370 e. The maximum absolute atomic E-state index is 12.7. The van der Waals surface area contributed by atoms with E-state index < -0.39 is 0 Å². The molecule has 17 heavy (non-hydrogen) atoms. The van der Waals surface area contributed by atoms with Crippen molar-refractivity contribution in [3.8, 4) is 0 Å². The van der Waals surface area contributed by atoms with Gasteiger partial charge >= 0.3 is 0 Å². The molecule has 1 aliphatic heterocycles. The fourth-order valence-corrected chi connectivity index (χ4v) is 1.80. The normalized spacial score (nSPS) is 16.8. The van der Waals surface area contributed by atoms with Crippen LogP contribution in [0.3, 0.4) is 0 Å². The van der Waals surface area contributed by atoms with E-state index in [-0.39, 0.29) is 11.7 Å². The van der Waals surface area contributed by atoms with E-state index in [1.54, 1.807) is 12.1 Å². The van der Waals surface area contributed by atoms with Gasteiger partial charge in [-0.05, 0) is 24.3 Å². The summed E-state index contributed by atoms with van der Waals surface area (Å²) in [6, 6.07) is 5.78. The molecule has 1 aromatic carbocycles. The van der Waals surface area contributed by atoms with Crippen molar-refractivity contribution < 1.29 is 18.8 Å². The van der Waals surface area contributed by atoms with Crippen LogP contribution in [0.5, 0.6) is 0 Å². The van der Waals surface area contributed by atoms with Crippen LogP contribution in [0.1, 0.15) is 0 Å². The highest BCUT2D eigenvalue weighted by Gasteiger charge is 2.17. The highest BCUT2D eigenvalue weighted by atomic mass is 19.1. The van der Waals surface area contributed by atoms with E-state index >= 15 is 0 Å². The van der Waals surface area contributed by atoms with E-state index in [4.69, 9.17) is 4.74 Å². The molecule has 0 radical (unpaired) electrons. The molecule has 92 valence electrons. The van der Waals surface area contributed by atoms with Gasteiger partial charge in [-0.2, -0.15) is 0 Å². The number of rotatable bonds is 3. The number of halogens is 1. The number of morpholine rings is 1. The van der Waals surface area contributed by atoms with Crippen molar-refractivity contribution in [1.29, 1.82) is 0 Å². The molecule has 2 N–H and O–H groups in total. The molecule has 1 amide bonds. The molecule has 0 aliphatic carbocycles. The first kappa shape index (κ1) is 12.0. The third-order valence-electron chi connectivity index (χ3n) is 2.74. The Hall–Kier alpha value is -1.46. The van der Waals surface area contributed by atoms with Crippen LogP contribution in [-0.2, 0) is 9.53 Å². The van der Waals surface area contributed by atoms with Crippen LogP contribution in [0.15, 0.2) is 24.3 Å². The van der Waals surface area contributed by atoms with Crippen LogP contribution in [0, 0.1) is 5.82 Å². The summed E-state index contributed by atoms with van der Waals surface area (Å²) in [6.45, 7) is 3.56. The molecule has 0 atom stereocenters. The van der Waals surface area contributed by atoms with E-state index in [1.165, 1.54) is 17.0 Å². The number of hydrogen-bond acceptors (Lipinski definition) is 2. The molecule has 0 saturated carbocycles. The molecule has 4 nitrogen and oxygen atoms in total. The molecule has 1 aromatic rings. The molecule has 0 bridgehead atoms. The second-order valence-corrected chi connectivity index (χ2v) is 4.09. The third-order valence-corrected chi connectivity index (χ3v) is 2.74. The lowest BCUT2D eigenvalue weighted by Crippen LogP contribution is -3.15. The number of carbonyl (C=O) groups is 1. The van der Waals surface area contributed by atoms with Gasteiger partial charge in [-0.15, -0.1) is 0 Å². The Bertz CT molecular complexity index is 375. The van der Waals surface area contributed by atoms with Crippen molar-refractivity contribution >= 4 is 11.6 Å². The number of amides is 1. The lowest BCUT2D eigenvalue weighted by molar-refractivity contribution is -0.899. The van der Waals surface area contributed by atoms with Gasteiger partial charge in [0.05, 0.1) is 13.2 Å². The lowest BCUT2D eigenvalue weighted by Gasteiger charge is -2.23. The van der Waals surface area contributed by atoms with Crippen LogP contribution in [0.2, 0.25) is 0 Å². The quantitative estimate of drug-likeness (QED) is 0.759. The average molecular weight is 239 g/mol. The summed E-state index contributed by atoms with van der Waals surface area (Å²) in [5.74, 6) is -0.352. The molecule has 1 fully saturated rings. The molecular weight excluding hydrogens is 223 g/mol. The largest absolute Gasteiger partial charge is 0.370 e. The van der Waals surface area contributed by atoms with Gasteiger partial charge in [0, 0.05) is 5.69 Å². The standard InChI is InChI=1S/C12H15FN2O2/c13-10-1-3-11(4-2-10)14-12(16)9-15-5-7-17-8-6-15/h1-4H,5-9H2,(H,14,16)/p+1. The smallest absolute Gasteiger partial charge is 0.279 e. The van der Waals surface area contributed by atoms with E-state index in [0.717, 1.165) is 13.1 Å². The Labute approximate surface area is 99.4 Å². The second kappa shape index (κ2) is 5.75. The van der Waals surface area contributed by atoms with Crippen LogP contribution in [0.4, 0.5) is 10.1 Å². The number of anilines is 1. The van der Waals surface area contributed by atoms with Crippen LogP contribution in [0.25, 0.3) is 0 Å². The summed E-state index contributed by atoms with van der Waals surface area (Å²) >= 11 is 0. The van der Waals surface area contributed by atoms with Gasteiger partial charge in [-0.25, -0.2) is 4.39 Å². The SMILES string of the molecule is O=C(C[NH+]1CCOCC1)Nc1ccc(F)cc1. The maximum Gasteiger partial charge on any atom is 0.279 e. The average Bonchev–Trinajstić information content (AvgIpc) is 2.33. The first-order valence-electron chi connectivity index (χ1n) is 5.71. The van der Waals surface area contributed by atoms with Crippen molar-refractivity contribution in [2.24, 2.45) is 0 Å². The molecule has 1 aliphatic rings. The Morgan fingerprint density at radius 3 is 2.59 bits per heavy atom. The van der Waals surface area contributed by atoms with E-state index in [1.807, 2.05) is 0 Å². The van der Waals surface area contributed by atoms with Crippen molar-refractivity contribution in [2.45, 2.75) is 0 Å². The summed E-state index contributed by atoms with van der Waals surface area (Å²) in [7, 11) is 0. The van der Waals surface area contributed by atoms with Crippen LogP contribution >= 0.6 is 0 Å². The minimum atomic E-state index is -0.304.